The number of pyridine rings is 2. The third kappa shape index (κ3) is 6.97. The first kappa shape index (κ1) is 32.9. The number of hydrogen-bond donors (Lipinski definition) is 3. The van der Waals surface area contributed by atoms with Gasteiger partial charge >= 0.3 is 0 Å². The van der Waals surface area contributed by atoms with Gasteiger partial charge in [0.25, 0.3) is 0 Å². The maximum Gasteiger partial charge on any atom is 0.220 e. The molecule has 0 saturated carbocycles. The number of methoxy groups -OCH3 is 1. The molecular formula is C35H37Cl2N7O3. The number of rotatable bonds is 12. The highest BCUT2D eigenvalue weighted by molar-refractivity contribution is 6.39. The number of benzene rings is 2. The Balaban J connectivity index is 1.27. The second-order valence-electron chi connectivity index (χ2n) is 11.8. The third-order valence-corrected chi connectivity index (χ3v) is 9.27. The van der Waals surface area contributed by atoms with Gasteiger partial charge in [0.15, 0.2) is 0 Å². The lowest BCUT2D eigenvalue weighted by Gasteiger charge is -2.15. The number of nitrogens with zero attached hydrogens (tertiary/aromatic N) is 5. The van der Waals surface area contributed by atoms with Crippen molar-refractivity contribution in [2.45, 2.75) is 32.0 Å². The van der Waals surface area contributed by atoms with Crippen LogP contribution in [0.5, 0.6) is 5.88 Å². The Labute approximate surface area is 283 Å². The van der Waals surface area contributed by atoms with Crippen LogP contribution in [0, 0.1) is 0 Å². The number of carbonyl (C=O) groups is 1. The molecule has 5 aromatic rings. The van der Waals surface area contributed by atoms with E-state index in [0.29, 0.717) is 59.9 Å². The number of aryl methyl sites for hydroxylation is 1. The van der Waals surface area contributed by atoms with E-state index in [9.17, 15) is 9.90 Å². The molecule has 0 bridgehead atoms. The summed E-state index contributed by atoms with van der Waals surface area (Å²) in [4.78, 5) is 23.0. The van der Waals surface area contributed by atoms with Gasteiger partial charge in [-0.15, -0.1) is 0 Å². The van der Waals surface area contributed by atoms with Crippen LogP contribution in [0.15, 0.2) is 60.8 Å². The second kappa shape index (κ2) is 14.4. The highest BCUT2D eigenvalue weighted by Gasteiger charge is 2.21. The van der Waals surface area contributed by atoms with E-state index in [4.69, 9.17) is 38.0 Å². The molecule has 3 aromatic heterocycles. The number of fused-ring (bicyclic) bond motifs is 1. The molecule has 47 heavy (non-hydrogen) atoms. The Morgan fingerprint density at radius 3 is 2.68 bits per heavy atom. The SMILES string of the molecule is COc1nc(-c2cccc(-c3ccnc(-c4ccc5c(CN(C)CCO)nn(C)c5c4)c3Cl)c2Cl)ccc1CNC[C@@H]1CCC(=O)N1. The average molecular weight is 675 g/mol. The Kier molecular flexibility index (Phi) is 10.0. The molecule has 10 nitrogen and oxygen atoms in total. The number of hydrogen-bond acceptors (Lipinski definition) is 8. The zero-order valence-corrected chi connectivity index (χ0v) is 28.1. The maximum atomic E-state index is 11.5. The predicted molar refractivity (Wildman–Crippen MR) is 185 cm³/mol. The lowest BCUT2D eigenvalue weighted by atomic mass is 9.99. The Morgan fingerprint density at radius 1 is 1.11 bits per heavy atom. The normalized spacial score (nSPS) is 14.7. The molecule has 4 heterocycles. The molecule has 6 rings (SSSR count). The van der Waals surface area contributed by atoms with Crippen molar-refractivity contribution >= 4 is 40.0 Å². The smallest absolute Gasteiger partial charge is 0.220 e. The fourth-order valence-electron chi connectivity index (χ4n) is 6.03. The molecule has 1 amide bonds. The van der Waals surface area contributed by atoms with Crippen molar-refractivity contribution in [1.29, 1.82) is 0 Å². The zero-order chi connectivity index (χ0) is 33.1. The molecule has 0 aliphatic carbocycles. The molecule has 1 saturated heterocycles. The number of amides is 1. The van der Waals surface area contributed by atoms with E-state index < -0.39 is 0 Å². The van der Waals surface area contributed by atoms with Gasteiger partial charge in [-0.3, -0.25) is 19.4 Å². The van der Waals surface area contributed by atoms with E-state index in [-0.39, 0.29) is 18.6 Å². The number of ether oxygens (including phenoxy) is 1. The summed E-state index contributed by atoms with van der Waals surface area (Å²) in [6.45, 7) is 2.53. The fraction of sp³-hybridized carbons (Fsp3) is 0.314. The molecule has 1 aliphatic rings. The standard InChI is InChI=1S/C35H37Cl2N7O3/c1-43(15-16-45)20-29-26-10-7-21(17-30(26)44(2)42-29)34-33(37)25(13-14-39-34)24-5-4-6-27(32(24)36)28-11-8-22(35(41-28)47-3)18-38-19-23-9-12-31(46)40-23/h4-8,10-11,13-14,17,23,38,45H,9,12,15-16,18-20H2,1-3H3,(H,40,46)/t23-/m0/s1. The summed E-state index contributed by atoms with van der Waals surface area (Å²) in [5.74, 6) is 0.605. The Hall–Kier alpha value is -4.06. The molecule has 3 N–H and O–H groups in total. The topological polar surface area (TPSA) is 117 Å². The first-order chi connectivity index (χ1) is 22.8. The van der Waals surface area contributed by atoms with E-state index in [1.54, 1.807) is 13.3 Å². The van der Waals surface area contributed by atoms with Crippen LogP contribution in [0.1, 0.15) is 24.1 Å². The molecule has 0 spiro atoms. The summed E-state index contributed by atoms with van der Waals surface area (Å²) in [6.07, 6.45) is 3.15. The van der Waals surface area contributed by atoms with E-state index in [1.807, 2.05) is 78.3 Å². The largest absolute Gasteiger partial charge is 0.481 e. The average Bonchev–Trinajstić information content (AvgIpc) is 3.62. The number of likely N-dealkylation sites (N-methyl/N-ethyl adjacent to an activating group) is 1. The van der Waals surface area contributed by atoms with Gasteiger partial charge in [-0.1, -0.05) is 59.6 Å². The van der Waals surface area contributed by atoms with Crippen molar-refractivity contribution in [2.24, 2.45) is 7.05 Å². The van der Waals surface area contributed by atoms with E-state index in [2.05, 4.69) is 15.6 Å². The summed E-state index contributed by atoms with van der Waals surface area (Å²) < 4.78 is 7.50. The van der Waals surface area contributed by atoms with Crippen LogP contribution in [0.3, 0.4) is 0 Å². The van der Waals surface area contributed by atoms with Crippen LogP contribution in [-0.2, 0) is 24.9 Å². The summed E-state index contributed by atoms with van der Waals surface area (Å²) in [6, 6.07) is 17.8. The Bertz CT molecular complexity index is 1930. The van der Waals surface area contributed by atoms with Crippen molar-refractivity contribution in [3.05, 3.63) is 82.1 Å². The fourth-order valence-corrected chi connectivity index (χ4v) is 6.68. The lowest BCUT2D eigenvalue weighted by Crippen LogP contribution is -2.35. The van der Waals surface area contributed by atoms with Gasteiger partial charge in [-0.25, -0.2) is 4.98 Å². The highest BCUT2D eigenvalue weighted by atomic mass is 35.5. The van der Waals surface area contributed by atoms with Crippen molar-refractivity contribution in [1.82, 2.24) is 35.3 Å². The number of carbonyl (C=O) groups excluding carboxylic acids is 1. The van der Waals surface area contributed by atoms with Crippen LogP contribution in [0.2, 0.25) is 10.0 Å². The van der Waals surface area contributed by atoms with Crippen molar-refractivity contribution in [3.63, 3.8) is 0 Å². The maximum absolute atomic E-state index is 11.5. The van der Waals surface area contributed by atoms with Crippen molar-refractivity contribution < 1.29 is 14.6 Å². The third-order valence-electron chi connectivity index (χ3n) is 8.48. The van der Waals surface area contributed by atoms with Crippen LogP contribution in [-0.4, -0.2) is 75.6 Å². The number of aromatic nitrogens is 4. The first-order valence-corrected chi connectivity index (χ1v) is 16.3. The van der Waals surface area contributed by atoms with E-state index in [1.165, 1.54) is 0 Å². The minimum absolute atomic E-state index is 0.0949. The van der Waals surface area contributed by atoms with Gasteiger partial charge in [0, 0.05) is 85.1 Å². The quantitative estimate of drug-likeness (QED) is 0.160. The van der Waals surface area contributed by atoms with Gasteiger partial charge in [-0.2, -0.15) is 5.10 Å². The van der Waals surface area contributed by atoms with Crippen molar-refractivity contribution in [3.8, 4) is 39.5 Å². The molecule has 1 fully saturated rings. The lowest BCUT2D eigenvalue weighted by molar-refractivity contribution is -0.119. The van der Waals surface area contributed by atoms with Gasteiger partial charge in [0.05, 0.1) is 46.4 Å². The minimum Gasteiger partial charge on any atom is -0.481 e. The van der Waals surface area contributed by atoms with E-state index in [0.717, 1.165) is 50.8 Å². The predicted octanol–water partition coefficient (Wildman–Crippen LogP) is 5.47. The number of nitrogens with one attached hydrogen (secondary N) is 2. The van der Waals surface area contributed by atoms with Gasteiger partial charge in [0.2, 0.25) is 11.8 Å². The molecule has 1 aliphatic heterocycles. The molecule has 12 heteroatoms. The second-order valence-corrected chi connectivity index (χ2v) is 12.5. The molecule has 244 valence electrons. The summed E-state index contributed by atoms with van der Waals surface area (Å²) in [5, 5.41) is 22.4. The summed E-state index contributed by atoms with van der Waals surface area (Å²) >= 11 is 14.2. The zero-order valence-electron chi connectivity index (χ0n) is 26.6. The van der Waals surface area contributed by atoms with Crippen LogP contribution in [0.4, 0.5) is 0 Å². The molecule has 2 aromatic carbocycles. The van der Waals surface area contributed by atoms with Crippen LogP contribution < -0.4 is 15.4 Å². The van der Waals surface area contributed by atoms with Gasteiger partial charge in [-0.05, 0) is 31.7 Å². The minimum atomic E-state index is 0.0949. The molecule has 0 unspecified atom stereocenters. The van der Waals surface area contributed by atoms with Gasteiger partial charge in [0.1, 0.15) is 0 Å². The summed E-state index contributed by atoms with van der Waals surface area (Å²) in [7, 11) is 5.48. The first-order valence-electron chi connectivity index (χ1n) is 15.5. The highest BCUT2D eigenvalue weighted by Crippen LogP contribution is 2.42. The molecule has 1 atom stereocenters. The number of halogens is 2. The number of aliphatic hydroxyl groups excluding tert-OH is 1. The molecular weight excluding hydrogens is 637 g/mol. The monoisotopic (exact) mass is 673 g/mol. The Morgan fingerprint density at radius 2 is 1.91 bits per heavy atom. The van der Waals surface area contributed by atoms with Gasteiger partial charge < -0.3 is 20.5 Å². The van der Waals surface area contributed by atoms with Crippen molar-refractivity contribution in [2.75, 3.05) is 33.9 Å². The van der Waals surface area contributed by atoms with Crippen LogP contribution >= 0.6 is 23.2 Å². The molecule has 0 radical (unpaired) electrons. The van der Waals surface area contributed by atoms with E-state index >= 15 is 0 Å². The number of aliphatic hydroxyl groups is 1. The van der Waals surface area contributed by atoms with Crippen LogP contribution in [0.25, 0.3) is 44.5 Å². The summed E-state index contributed by atoms with van der Waals surface area (Å²) in [5.41, 5.74) is 7.25.